The molecule has 0 aliphatic carbocycles. The van der Waals surface area contributed by atoms with Crippen LogP contribution in [0.25, 0.3) is 11.0 Å². The van der Waals surface area contributed by atoms with Gasteiger partial charge in [-0.05, 0) is 59.1 Å². The number of aromatic nitrogens is 1. The Bertz CT molecular complexity index is 994. The molecule has 0 bridgehead atoms. The molecule has 0 saturated carbocycles. The number of rotatable bonds is 3. The lowest BCUT2D eigenvalue weighted by Gasteiger charge is -2.09. The first-order chi connectivity index (χ1) is 11.4. The van der Waals surface area contributed by atoms with Gasteiger partial charge in [0.1, 0.15) is 12.2 Å². The molecular weight excluding hydrogens is 374 g/mol. The van der Waals surface area contributed by atoms with E-state index in [1.54, 1.807) is 12.3 Å². The predicted octanol–water partition coefficient (Wildman–Crippen LogP) is 3.92. The number of aryl methyl sites for hydroxylation is 2. The van der Waals surface area contributed by atoms with E-state index in [0.29, 0.717) is 21.2 Å². The molecule has 122 valence electrons. The highest BCUT2D eigenvalue weighted by Gasteiger charge is 2.12. The SMILES string of the molecule is Cc1cc2oc(=O)cc(COC(=O)c3cncc(Br)c3)c2cc1C. The van der Waals surface area contributed by atoms with Gasteiger partial charge in [0.05, 0.1) is 5.56 Å². The van der Waals surface area contributed by atoms with Crippen LogP contribution in [0.4, 0.5) is 0 Å². The lowest BCUT2D eigenvalue weighted by molar-refractivity contribution is 0.0473. The van der Waals surface area contributed by atoms with Crippen molar-refractivity contribution in [2.75, 3.05) is 0 Å². The molecule has 6 heteroatoms. The molecular formula is C18H14BrNO4. The maximum atomic E-state index is 12.1. The van der Waals surface area contributed by atoms with Crippen molar-refractivity contribution in [2.24, 2.45) is 0 Å². The molecule has 0 atom stereocenters. The lowest BCUT2D eigenvalue weighted by atomic mass is 10.0. The number of hydrogen-bond donors (Lipinski definition) is 0. The summed E-state index contributed by atoms with van der Waals surface area (Å²) in [4.78, 5) is 27.8. The Morgan fingerprint density at radius 1 is 1.17 bits per heavy atom. The van der Waals surface area contributed by atoms with Crippen molar-refractivity contribution in [1.82, 2.24) is 4.98 Å². The van der Waals surface area contributed by atoms with E-state index in [4.69, 9.17) is 9.15 Å². The summed E-state index contributed by atoms with van der Waals surface area (Å²) in [5.74, 6) is -0.506. The van der Waals surface area contributed by atoms with Crippen LogP contribution in [0.15, 0.2) is 50.3 Å². The Kier molecular flexibility index (Phi) is 4.49. The molecule has 0 unspecified atom stereocenters. The Morgan fingerprint density at radius 2 is 1.92 bits per heavy atom. The number of carbonyl (C=O) groups is 1. The van der Waals surface area contributed by atoms with E-state index in [2.05, 4.69) is 20.9 Å². The van der Waals surface area contributed by atoms with Gasteiger partial charge in [0.2, 0.25) is 0 Å². The quantitative estimate of drug-likeness (QED) is 0.503. The topological polar surface area (TPSA) is 69.4 Å². The van der Waals surface area contributed by atoms with Gasteiger partial charge < -0.3 is 9.15 Å². The Balaban J connectivity index is 1.91. The summed E-state index contributed by atoms with van der Waals surface area (Å²) in [6.45, 7) is 3.90. The summed E-state index contributed by atoms with van der Waals surface area (Å²) >= 11 is 3.26. The molecule has 0 radical (unpaired) electrons. The summed E-state index contributed by atoms with van der Waals surface area (Å²) in [6, 6.07) is 6.72. The number of carbonyl (C=O) groups excluding carboxylic acids is 1. The van der Waals surface area contributed by atoms with Gasteiger partial charge in [-0.15, -0.1) is 0 Å². The van der Waals surface area contributed by atoms with Crippen molar-refractivity contribution < 1.29 is 13.9 Å². The summed E-state index contributed by atoms with van der Waals surface area (Å²) in [6.07, 6.45) is 3.01. The molecule has 3 aromatic rings. The zero-order valence-corrected chi connectivity index (χ0v) is 14.7. The number of hydrogen-bond acceptors (Lipinski definition) is 5. The Hall–Kier alpha value is -2.47. The third-order valence-corrected chi connectivity index (χ3v) is 4.18. The fourth-order valence-corrected chi connectivity index (χ4v) is 2.72. The third-order valence-electron chi connectivity index (χ3n) is 3.74. The Morgan fingerprint density at radius 3 is 2.67 bits per heavy atom. The standard InChI is InChI=1S/C18H14BrNO4/c1-10-3-15-13(6-17(21)24-16(15)4-11(10)2)9-23-18(22)12-5-14(19)8-20-7-12/h3-8H,9H2,1-2H3. The van der Waals surface area contributed by atoms with Gasteiger partial charge in [0.15, 0.2) is 0 Å². The van der Waals surface area contributed by atoms with E-state index in [-0.39, 0.29) is 6.61 Å². The third kappa shape index (κ3) is 3.38. The van der Waals surface area contributed by atoms with Crippen molar-refractivity contribution in [2.45, 2.75) is 20.5 Å². The van der Waals surface area contributed by atoms with E-state index >= 15 is 0 Å². The van der Waals surface area contributed by atoms with Crippen molar-refractivity contribution >= 4 is 32.9 Å². The van der Waals surface area contributed by atoms with E-state index in [1.165, 1.54) is 12.3 Å². The zero-order chi connectivity index (χ0) is 17.3. The van der Waals surface area contributed by atoms with Crippen LogP contribution in [-0.4, -0.2) is 11.0 Å². The highest BCUT2D eigenvalue weighted by molar-refractivity contribution is 9.10. The fourth-order valence-electron chi connectivity index (χ4n) is 2.35. The van der Waals surface area contributed by atoms with Gasteiger partial charge >= 0.3 is 11.6 Å². The molecule has 3 rings (SSSR count). The highest BCUT2D eigenvalue weighted by atomic mass is 79.9. The van der Waals surface area contributed by atoms with Crippen molar-refractivity contribution in [3.05, 3.63) is 73.8 Å². The average Bonchev–Trinajstić information content (AvgIpc) is 2.54. The maximum Gasteiger partial charge on any atom is 0.340 e. The number of halogens is 1. The fraction of sp³-hybridized carbons (Fsp3) is 0.167. The van der Waals surface area contributed by atoms with Crippen molar-refractivity contribution in [1.29, 1.82) is 0 Å². The highest BCUT2D eigenvalue weighted by Crippen LogP contribution is 2.22. The van der Waals surface area contributed by atoms with Crippen LogP contribution >= 0.6 is 15.9 Å². The van der Waals surface area contributed by atoms with Gasteiger partial charge in [0.25, 0.3) is 0 Å². The predicted molar refractivity (Wildman–Crippen MR) is 93.0 cm³/mol. The smallest absolute Gasteiger partial charge is 0.340 e. The lowest BCUT2D eigenvalue weighted by Crippen LogP contribution is -2.08. The molecule has 0 amide bonds. The van der Waals surface area contributed by atoms with Crippen LogP contribution in [0.3, 0.4) is 0 Å². The molecule has 0 N–H and O–H groups in total. The minimum atomic E-state index is -0.506. The summed E-state index contributed by atoms with van der Waals surface area (Å²) in [7, 11) is 0. The first kappa shape index (κ1) is 16.4. The maximum absolute atomic E-state index is 12.1. The molecule has 0 saturated heterocycles. The van der Waals surface area contributed by atoms with Gasteiger partial charge in [-0.2, -0.15) is 0 Å². The molecule has 0 aliphatic rings. The molecule has 0 aliphatic heterocycles. The van der Waals surface area contributed by atoms with Crippen LogP contribution in [0, 0.1) is 13.8 Å². The van der Waals surface area contributed by atoms with Crippen molar-refractivity contribution in [3.63, 3.8) is 0 Å². The monoisotopic (exact) mass is 387 g/mol. The van der Waals surface area contributed by atoms with Gasteiger partial charge in [-0.3, -0.25) is 4.98 Å². The van der Waals surface area contributed by atoms with Crippen molar-refractivity contribution in [3.8, 4) is 0 Å². The Labute approximate surface area is 146 Å². The van der Waals surface area contributed by atoms with Gasteiger partial charge in [-0.25, -0.2) is 9.59 Å². The second-order valence-electron chi connectivity index (χ2n) is 5.49. The summed E-state index contributed by atoms with van der Waals surface area (Å²) in [5.41, 5.74) is 3.06. The molecule has 2 heterocycles. The largest absolute Gasteiger partial charge is 0.457 e. The van der Waals surface area contributed by atoms with Gasteiger partial charge in [-0.1, -0.05) is 0 Å². The number of ether oxygens (including phenoxy) is 1. The molecule has 0 fully saturated rings. The van der Waals surface area contributed by atoms with Crippen LogP contribution < -0.4 is 5.63 Å². The second kappa shape index (κ2) is 6.57. The molecule has 2 aromatic heterocycles. The average molecular weight is 388 g/mol. The van der Waals surface area contributed by atoms with Crippen LogP contribution in [0.1, 0.15) is 27.0 Å². The van der Waals surface area contributed by atoms with E-state index in [9.17, 15) is 9.59 Å². The minimum absolute atomic E-state index is 0.0179. The minimum Gasteiger partial charge on any atom is -0.457 e. The summed E-state index contributed by atoms with van der Waals surface area (Å²) in [5, 5.41) is 0.762. The molecule has 0 spiro atoms. The zero-order valence-electron chi connectivity index (χ0n) is 13.1. The normalized spacial score (nSPS) is 10.8. The van der Waals surface area contributed by atoms with Crippen LogP contribution in [0.5, 0.6) is 0 Å². The first-order valence-electron chi connectivity index (χ1n) is 7.25. The summed E-state index contributed by atoms with van der Waals surface area (Å²) < 4.78 is 11.2. The molecule has 5 nitrogen and oxygen atoms in total. The van der Waals surface area contributed by atoms with Crippen LogP contribution in [-0.2, 0) is 11.3 Å². The number of fused-ring (bicyclic) bond motifs is 1. The molecule has 1 aromatic carbocycles. The number of benzene rings is 1. The second-order valence-corrected chi connectivity index (χ2v) is 6.41. The van der Waals surface area contributed by atoms with E-state index in [0.717, 1.165) is 16.5 Å². The van der Waals surface area contributed by atoms with Gasteiger partial charge in [0, 0.05) is 33.9 Å². The van der Waals surface area contributed by atoms with E-state index < -0.39 is 11.6 Å². The number of esters is 1. The van der Waals surface area contributed by atoms with Crippen LogP contribution in [0.2, 0.25) is 0 Å². The molecule has 24 heavy (non-hydrogen) atoms. The number of nitrogens with zero attached hydrogens (tertiary/aromatic N) is 1. The number of pyridine rings is 1. The van der Waals surface area contributed by atoms with E-state index in [1.807, 2.05) is 26.0 Å². The first-order valence-corrected chi connectivity index (χ1v) is 8.05.